The van der Waals surface area contributed by atoms with Crippen LogP contribution in [0, 0.1) is 27.7 Å². The molecule has 0 fully saturated rings. The Morgan fingerprint density at radius 2 is 0.826 bits per heavy atom. The summed E-state index contributed by atoms with van der Waals surface area (Å²) < 4.78 is 0. The second-order valence-corrected chi connectivity index (χ2v) is 6.35. The quantitative estimate of drug-likeness (QED) is 0.541. The Kier molecular flexibility index (Phi) is 4.20. The molecule has 0 radical (unpaired) electrons. The fourth-order valence-corrected chi connectivity index (χ4v) is 2.91. The second kappa shape index (κ2) is 6.29. The van der Waals surface area contributed by atoms with Crippen LogP contribution in [0.2, 0.25) is 0 Å². The van der Waals surface area contributed by atoms with Crippen molar-refractivity contribution in [2.24, 2.45) is 0 Å². The first-order valence-electron chi connectivity index (χ1n) is 8.05. The van der Waals surface area contributed by atoms with Crippen molar-refractivity contribution in [3.8, 4) is 0 Å². The number of hydrogen-bond acceptors (Lipinski definition) is 1. The number of rotatable bonds is 3. The zero-order valence-corrected chi connectivity index (χ0v) is 14.3. The molecule has 0 aliphatic heterocycles. The minimum atomic E-state index is 1.18. The van der Waals surface area contributed by atoms with Crippen molar-refractivity contribution >= 4 is 17.1 Å². The summed E-state index contributed by atoms with van der Waals surface area (Å²) in [6.07, 6.45) is 0. The van der Waals surface area contributed by atoms with Gasteiger partial charge in [0.25, 0.3) is 0 Å². The molecule has 0 atom stereocenters. The smallest absolute Gasteiger partial charge is 0.0466 e. The Balaban J connectivity index is 2.16. The fourth-order valence-electron chi connectivity index (χ4n) is 2.91. The average molecular weight is 301 g/mol. The predicted octanol–water partition coefficient (Wildman–Crippen LogP) is 6.39. The standard InChI is InChI=1S/C22H23N/c1-16-5-9-20(10-6-16)23(21-11-7-17(2)8-12-21)22-14-18(3)13-19(4)15-22/h5-15H,1-4H3. The minimum Gasteiger partial charge on any atom is -0.310 e. The van der Waals surface area contributed by atoms with Gasteiger partial charge in [0, 0.05) is 17.1 Å². The Labute approximate surface area is 139 Å². The molecule has 1 nitrogen and oxygen atoms in total. The first-order valence-corrected chi connectivity index (χ1v) is 8.05. The lowest BCUT2D eigenvalue weighted by atomic mass is 10.1. The molecule has 0 bridgehead atoms. The number of anilines is 3. The third-order valence-electron chi connectivity index (χ3n) is 4.05. The highest BCUT2D eigenvalue weighted by Gasteiger charge is 2.12. The van der Waals surface area contributed by atoms with E-state index < -0.39 is 0 Å². The van der Waals surface area contributed by atoms with Crippen LogP contribution in [0.3, 0.4) is 0 Å². The molecule has 0 amide bonds. The first kappa shape index (κ1) is 15.4. The van der Waals surface area contributed by atoms with Crippen molar-refractivity contribution in [3.63, 3.8) is 0 Å². The summed E-state index contributed by atoms with van der Waals surface area (Å²) in [6, 6.07) is 24.1. The Hall–Kier alpha value is -2.54. The molecule has 23 heavy (non-hydrogen) atoms. The van der Waals surface area contributed by atoms with E-state index in [1.807, 2.05) is 0 Å². The molecule has 3 aromatic carbocycles. The van der Waals surface area contributed by atoms with E-state index >= 15 is 0 Å². The van der Waals surface area contributed by atoms with E-state index in [1.54, 1.807) is 0 Å². The highest BCUT2D eigenvalue weighted by molar-refractivity contribution is 5.77. The van der Waals surface area contributed by atoms with Crippen LogP contribution in [0.4, 0.5) is 17.1 Å². The zero-order chi connectivity index (χ0) is 16.4. The summed E-state index contributed by atoms with van der Waals surface area (Å²) in [5, 5.41) is 0. The summed E-state index contributed by atoms with van der Waals surface area (Å²) in [5.41, 5.74) is 8.69. The summed E-state index contributed by atoms with van der Waals surface area (Å²) in [5.74, 6) is 0. The molecular weight excluding hydrogens is 278 g/mol. The van der Waals surface area contributed by atoms with Gasteiger partial charge in [0.2, 0.25) is 0 Å². The third kappa shape index (κ3) is 3.45. The van der Waals surface area contributed by atoms with Gasteiger partial charge in [0.05, 0.1) is 0 Å². The lowest BCUT2D eigenvalue weighted by Gasteiger charge is -2.26. The zero-order valence-electron chi connectivity index (χ0n) is 14.3. The van der Waals surface area contributed by atoms with Gasteiger partial charge in [-0.1, -0.05) is 41.5 Å². The summed E-state index contributed by atoms with van der Waals surface area (Å²) in [4.78, 5) is 2.32. The van der Waals surface area contributed by atoms with Crippen molar-refractivity contribution in [2.75, 3.05) is 4.90 Å². The predicted molar refractivity (Wildman–Crippen MR) is 100 cm³/mol. The van der Waals surface area contributed by atoms with Crippen LogP contribution in [0.25, 0.3) is 0 Å². The molecule has 0 aliphatic rings. The van der Waals surface area contributed by atoms with Crippen LogP contribution in [0.5, 0.6) is 0 Å². The minimum absolute atomic E-state index is 1.18. The molecule has 0 saturated heterocycles. The van der Waals surface area contributed by atoms with Crippen molar-refractivity contribution in [1.29, 1.82) is 0 Å². The van der Waals surface area contributed by atoms with Gasteiger partial charge in [-0.15, -0.1) is 0 Å². The van der Waals surface area contributed by atoms with Gasteiger partial charge in [0.1, 0.15) is 0 Å². The number of aryl methyl sites for hydroxylation is 4. The molecule has 0 aromatic heterocycles. The first-order chi connectivity index (χ1) is 11.0. The lowest BCUT2D eigenvalue weighted by molar-refractivity contribution is 1.24. The molecule has 0 unspecified atom stereocenters. The van der Waals surface area contributed by atoms with Crippen molar-refractivity contribution in [3.05, 3.63) is 89.0 Å². The van der Waals surface area contributed by atoms with Gasteiger partial charge in [-0.2, -0.15) is 0 Å². The Bertz CT molecular complexity index is 733. The second-order valence-electron chi connectivity index (χ2n) is 6.35. The van der Waals surface area contributed by atoms with Gasteiger partial charge in [-0.25, -0.2) is 0 Å². The van der Waals surface area contributed by atoms with Gasteiger partial charge in [-0.05, 0) is 75.2 Å². The molecule has 0 spiro atoms. The molecule has 1 heteroatoms. The van der Waals surface area contributed by atoms with Crippen molar-refractivity contribution in [1.82, 2.24) is 0 Å². The summed E-state index contributed by atoms with van der Waals surface area (Å²) in [6.45, 7) is 8.55. The summed E-state index contributed by atoms with van der Waals surface area (Å²) >= 11 is 0. The normalized spacial score (nSPS) is 10.6. The topological polar surface area (TPSA) is 3.24 Å². The Morgan fingerprint density at radius 1 is 0.435 bits per heavy atom. The van der Waals surface area contributed by atoms with E-state index in [-0.39, 0.29) is 0 Å². The molecule has 0 aliphatic carbocycles. The van der Waals surface area contributed by atoms with Crippen LogP contribution in [-0.4, -0.2) is 0 Å². The monoisotopic (exact) mass is 301 g/mol. The number of hydrogen-bond donors (Lipinski definition) is 0. The largest absolute Gasteiger partial charge is 0.310 e. The van der Waals surface area contributed by atoms with Crippen LogP contribution in [-0.2, 0) is 0 Å². The van der Waals surface area contributed by atoms with Gasteiger partial charge < -0.3 is 4.90 Å². The average Bonchev–Trinajstić information content (AvgIpc) is 2.50. The summed E-state index contributed by atoms with van der Waals surface area (Å²) in [7, 11) is 0. The molecule has 116 valence electrons. The fraction of sp³-hybridized carbons (Fsp3) is 0.182. The Morgan fingerprint density at radius 3 is 1.22 bits per heavy atom. The van der Waals surface area contributed by atoms with Crippen LogP contribution < -0.4 is 4.90 Å². The maximum Gasteiger partial charge on any atom is 0.0466 e. The highest BCUT2D eigenvalue weighted by Crippen LogP contribution is 2.35. The molecule has 3 aromatic rings. The van der Waals surface area contributed by atoms with E-state index in [0.29, 0.717) is 0 Å². The molecular formula is C22H23N. The maximum absolute atomic E-state index is 2.32. The SMILES string of the molecule is Cc1ccc(N(c2ccc(C)cc2)c2cc(C)cc(C)c2)cc1. The van der Waals surface area contributed by atoms with Crippen molar-refractivity contribution < 1.29 is 0 Å². The van der Waals surface area contributed by atoms with Gasteiger partial charge in [0.15, 0.2) is 0 Å². The van der Waals surface area contributed by atoms with Gasteiger partial charge >= 0.3 is 0 Å². The van der Waals surface area contributed by atoms with E-state index in [4.69, 9.17) is 0 Å². The molecule has 0 saturated carbocycles. The number of nitrogens with zero attached hydrogens (tertiary/aromatic N) is 1. The molecule has 0 heterocycles. The van der Waals surface area contributed by atoms with Crippen LogP contribution in [0.15, 0.2) is 66.7 Å². The van der Waals surface area contributed by atoms with Crippen LogP contribution >= 0.6 is 0 Å². The van der Waals surface area contributed by atoms with Gasteiger partial charge in [-0.3, -0.25) is 0 Å². The molecule has 3 rings (SSSR count). The number of benzene rings is 3. The van der Waals surface area contributed by atoms with E-state index in [9.17, 15) is 0 Å². The molecule has 0 N–H and O–H groups in total. The maximum atomic E-state index is 2.32. The third-order valence-corrected chi connectivity index (χ3v) is 4.05. The van der Waals surface area contributed by atoms with Crippen molar-refractivity contribution in [2.45, 2.75) is 27.7 Å². The van der Waals surface area contributed by atoms with E-state index in [2.05, 4.69) is 99.3 Å². The highest BCUT2D eigenvalue weighted by atomic mass is 15.1. The van der Waals surface area contributed by atoms with Crippen LogP contribution in [0.1, 0.15) is 22.3 Å². The lowest BCUT2D eigenvalue weighted by Crippen LogP contribution is -2.10. The van der Waals surface area contributed by atoms with E-state index in [1.165, 1.54) is 39.3 Å². The van der Waals surface area contributed by atoms with E-state index in [0.717, 1.165) is 0 Å².